The maximum atomic E-state index is 9.48. The molecule has 100 valence electrons. The largest absolute Gasteiger partial charge is 0.395 e. The van der Waals surface area contributed by atoms with Crippen LogP contribution in [0.1, 0.15) is 63.5 Å². The lowest BCUT2D eigenvalue weighted by molar-refractivity contribution is 0.218. The second kappa shape index (κ2) is 5.44. The van der Waals surface area contributed by atoms with Crippen molar-refractivity contribution in [2.24, 2.45) is 5.92 Å². The van der Waals surface area contributed by atoms with Gasteiger partial charge in [0.05, 0.1) is 6.61 Å². The van der Waals surface area contributed by atoms with Crippen molar-refractivity contribution >= 4 is 0 Å². The maximum Gasteiger partial charge on any atom is 0.0522 e. The average Bonchev–Trinajstić information content (AvgIpc) is 2.40. The molecule has 0 amide bonds. The molecule has 1 aromatic carbocycles. The fraction of sp³-hybridized carbons (Fsp3) is 0.647. The number of hydrogen-bond donors (Lipinski definition) is 1. The van der Waals surface area contributed by atoms with Gasteiger partial charge in [-0.05, 0) is 35.8 Å². The molecule has 1 heteroatoms. The fourth-order valence-electron chi connectivity index (χ4n) is 2.90. The Morgan fingerprint density at radius 1 is 1.17 bits per heavy atom. The third kappa shape index (κ3) is 2.95. The number of benzene rings is 1. The van der Waals surface area contributed by atoms with E-state index >= 15 is 0 Å². The summed E-state index contributed by atoms with van der Waals surface area (Å²) in [4.78, 5) is 0. The van der Waals surface area contributed by atoms with Crippen LogP contribution in [0.3, 0.4) is 0 Å². The van der Waals surface area contributed by atoms with E-state index in [1.165, 1.54) is 36.8 Å². The lowest BCUT2D eigenvalue weighted by atomic mass is 9.77. The Morgan fingerprint density at radius 2 is 1.83 bits per heavy atom. The van der Waals surface area contributed by atoms with Gasteiger partial charge in [-0.25, -0.2) is 0 Å². The predicted octanol–water partition coefficient (Wildman–Crippen LogP) is 4.25. The molecule has 0 saturated heterocycles. The van der Waals surface area contributed by atoms with Gasteiger partial charge >= 0.3 is 0 Å². The monoisotopic (exact) mass is 246 g/mol. The molecule has 0 aliphatic heterocycles. The lowest BCUT2D eigenvalue weighted by Gasteiger charge is -2.28. The Kier molecular flexibility index (Phi) is 4.11. The molecule has 18 heavy (non-hydrogen) atoms. The molecular weight excluding hydrogens is 220 g/mol. The van der Waals surface area contributed by atoms with Crippen LogP contribution in [-0.4, -0.2) is 11.7 Å². The molecule has 0 bridgehead atoms. The highest BCUT2D eigenvalue weighted by atomic mass is 16.3. The van der Waals surface area contributed by atoms with Crippen LogP contribution in [0.15, 0.2) is 24.3 Å². The van der Waals surface area contributed by atoms with Crippen LogP contribution in [0.2, 0.25) is 0 Å². The fourth-order valence-corrected chi connectivity index (χ4v) is 2.90. The first-order chi connectivity index (χ1) is 8.53. The zero-order valence-electron chi connectivity index (χ0n) is 11.9. The van der Waals surface area contributed by atoms with E-state index < -0.39 is 0 Å². The van der Waals surface area contributed by atoms with Gasteiger partial charge in [0.15, 0.2) is 0 Å². The molecule has 1 aliphatic carbocycles. The van der Waals surface area contributed by atoms with Gasteiger partial charge in [-0.2, -0.15) is 0 Å². The van der Waals surface area contributed by atoms with Crippen LogP contribution in [0.4, 0.5) is 0 Å². The van der Waals surface area contributed by atoms with Gasteiger partial charge in [0.2, 0.25) is 0 Å². The summed E-state index contributed by atoms with van der Waals surface area (Å²) >= 11 is 0. The molecule has 0 atom stereocenters. The second-order valence-corrected chi connectivity index (χ2v) is 6.62. The minimum Gasteiger partial charge on any atom is -0.395 e. The predicted molar refractivity (Wildman–Crippen MR) is 76.9 cm³/mol. The number of hydrogen-bond acceptors (Lipinski definition) is 1. The van der Waals surface area contributed by atoms with E-state index in [1.54, 1.807) is 0 Å². The van der Waals surface area contributed by atoms with E-state index in [4.69, 9.17) is 0 Å². The molecule has 2 rings (SSSR count). The first kappa shape index (κ1) is 13.6. The average molecular weight is 246 g/mol. The molecule has 1 N–H and O–H groups in total. The summed E-state index contributed by atoms with van der Waals surface area (Å²) in [5.74, 6) is 1.63. The van der Waals surface area contributed by atoms with Crippen molar-refractivity contribution in [3.8, 4) is 0 Å². The molecule has 0 heterocycles. The Hall–Kier alpha value is -0.820. The minimum absolute atomic E-state index is 0.127. The Morgan fingerprint density at radius 3 is 2.44 bits per heavy atom. The summed E-state index contributed by atoms with van der Waals surface area (Å²) in [6.45, 7) is 6.78. The summed E-state index contributed by atoms with van der Waals surface area (Å²) in [6.07, 6.45) is 5.37. The summed E-state index contributed by atoms with van der Waals surface area (Å²) in [7, 11) is 0. The normalized spacial score (nSPS) is 25.1. The van der Waals surface area contributed by atoms with Crippen LogP contribution < -0.4 is 0 Å². The molecule has 0 spiro atoms. The van der Waals surface area contributed by atoms with Gasteiger partial charge in [-0.15, -0.1) is 0 Å². The number of aliphatic hydroxyl groups is 1. The van der Waals surface area contributed by atoms with Crippen LogP contribution in [-0.2, 0) is 5.41 Å². The van der Waals surface area contributed by atoms with E-state index in [0.717, 1.165) is 11.8 Å². The van der Waals surface area contributed by atoms with Gasteiger partial charge in [-0.3, -0.25) is 0 Å². The van der Waals surface area contributed by atoms with Gasteiger partial charge in [-0.1, -0.05) is 57.9 Å². The third-order valence-electron chi connectivity index (χ3n) is 4.55. The first-order valence-corrected chi connectivity index (χ1v) is 7.24. The molecule has 1 fully saturated rings. The van der Waals surface area contributed by atoms with Crippen molar-refractivity contribution < 1.29 is 5.11 Å². The van der Waals surface area contributed by atoms with E-state index in [-0.39, 0.29) is 12.0 Å². The van der Waals surface area contributed by atoms with E-state index in [2.05, 4.69) is 45.0 Å². The minimum atomic E-state index is -0.127. The molecule has 1 saturated carbocycles. The van der Waals surface area contributed by atoms with E-state index in [0.29, 0.717) is 0 Å². The zero-order chi connectivity index (χ0) is 13.2. The summed E-state index contributed by atoms with van der Waals surface area (Å²) < 4.78 is 0. The third-order valence-corrected chi connectivity index (χ3v) is 4.55. The molecule has 0 aromatic heterocycles. The molecule has 1 nitrogen and oxygen atoms in total. The van der Waals surface area contributed by atoms with Crippen LogP contribution in [0, 0.1) is 5.92 Å². The lowest BCUT2D eigenvalue weighted by Crippen LogP contribution is -2.22. The summed E-state index contributed by atoms with van der Waals surface area (Å²) in [5, 5.41) is 9.48. The van der Waals surface area contributed by atoms with Gasteiger partial charge < -0.3 is 5.11 Å². The van der Waals surface area contributed by atoms with Crippen LogP contribution in [0.5, 0.6) is 0 Å². The van der Waals surface area contributed by atoms with Crippen LogP contribution in [0.25, 0.3) is 0 Å². The summed E-state index contributed by atoms with van der Waals surface area (Å²) in [5.41, 5.74) is 2.61. The molecular formula is C17H26O. The Labute approximate surface area is 111 Å². The van der Waals surface area contributed by atoms with Crippen molar-refractivity contribution in [3.05, 3.63) is 35.4 Å². The highest BCUT2D eigenvalue weighted by Crippen LogP contribution is 2.36. The van der Waals surface area contributed by atoms with Gasteiger partial charge in [0.25, 0.3) is 0 Å². The first-order valence-electron chi connectivity index (χ1n) is 7.24. The standard InChI is InChI=1S/C17H26O/c1-13-7-9-14(10-8-13)15-5-4-6-16(11-15)17(2,3)12-18/h4-6,11,13-14,18H,7-10,12H2,1-3H3. The molecule has 1 aliphatic rings. The highest BCUT2D eigenvalue weighted by molar-refractivity contribution is 5.31. The highest BCUT2D eigenvalue weighted by Gasteiger charge is 2.23. The van der Waals surface area contributed by atoms with Crippen molar-refractivity contribution in [1.29, 1.82) is 0 Å². The van der Waals surface area contributed by atoms with Crippen LogP contribution >= 0.6 is 0 Å². The Balaban J connectivity index is 2.17. The smallest absolute Gasteiger partial charge is 0.0522 e. The van der Waals surface area contributed by atoms with Crippen molar-refractivity contribution in [1.82, 2.24) is 0 Å². The number of aliphatic hydroxyl groups excluding tert-OH is 1. The quantitative estimate of drug-likeness (QED) is 0.845. The van der Waals surface area contributed by atoms with Crippen molar-refractivity contribution in [3.63, 3.8) is 0 Å². The van der Waals surface area contributed by atoms with Gasteiger partial charge in [0, 0.05) is 5.41 Å². The SMILES string of the molecule is CC1CCC(c2cccc(C(C)(C)CO)c2)CC1. The van der Waals surface area contributed by atoms with Crippen molar-refractivity contribution in [2.45, 2.75) is 57.8 Å². The van der Waals surface area contributed by atoms with E-state index in [9.17, 15) is 5.11 Å². The Bertz CT molecular complexity index is 386. The summed E-state index contributed by atoms with van der Waals surface area (Å²) in [6, 6.07) is 8.87. The zero-order valence-corrected chi connectivity index (χ0v) is 11.9. The van der Waals surface area contributed by atoms with E-state index in [1.807, 2.05) is 0 Å². The van der Waals surface area contributed by atoms with Gasteiger partial charge in [0.1, 0.15) is 0 Å². The molecule has 0 radical (unpaired) electrons. The molecule has 0 unspecified atom stereocenters. The molecule has 1 aromatic rings. The maximum absolute atomic E-state index is 9.48. The topological polar surface area (TPSA) is 20.2 Å². The number of rotatable bonds is 3. The second-order valence-electron chi connectivity index (χ2n) is 6.62. The van der Waals surface area contributed by atoms with Crippen molar-refractivity contribution in [2.75, 3.05) is 6.61 Å².